The second-order valence-electron chi connectivity index (χ2n) is 3.07. The molecule has 1 heterocycles. The Balaban J connectivity index is 2.68. The minimum absolute atomic E-state index is 0.665. The van der Waals surface area contributed by atoms with Crippen LogP contribution in [0.4, 0.5) is 0 Å². The van der Waals surface area contributed by atoms with Crippen LogP contribution in [0, 0.1) is 11.3 Å². The number of furan rings is 1. The maximum atomic E-state index is 8.64. The van der Waals surface area contributed by atoms with Gasteiger partial charge >= 0.3 is 0 Å². The molecule has 1 aromatic heterocycles. The summed E-state index contributed by atoms with van der Waals surface area (Å²) in [6.45, 7) is 2.97. The van der Waals surface area contributed by atoms with Gasteiger partial charge in [0.25, 0.3) is 0 Å². The van der Waals surface area contributed by atoms with Gasteiger partial charge in [-0.15, -0.1) is 0 Å². The Labute approximate surface area is 97.9 Å². The number of hydrogen-bond donors (Lipinski definition) is 1. The molecule has 4 heteroatoms. The zero-order valence-electron chi connectivity index (χ0n) is 8.59. The molecule has 0 atom stereocenters. The predicted octanol–water partition coefficient (Wildman–Crippen LogP) is 3.30. The summed E-state index contributed by atoms with van der Waals surface area (Å²) in [5.74, 6) is 0.680. The van der Waals surface area contributed by atoms with Crippen LogP contribution >= 0.6 is 15.9 Å². The smallest absolute Gasteiger partial charge is 0.169 e. The normalized spacial score (nSPS) is 11.1. The van der Waals surface area contributed by atoms with Crippen LogP contribution < -0.4 is 5.32 Å². The molecule has 0 saturated heterocycles. The quantitative estimate of drug-likeness (QED) is 0.659. The first-order chi connectivity index (χ1) is 7.27. The molecule has 0 spiro atoms. The summed E-state index contributed by atoms with van der Waals surface area (Å²) in [4.78, 5) is 0. The van der Waals surface area contributed by atoms with Crippen molar-refractivity contribution >= 4 is 21.6 Å². The molecule has 0 aliphatic rings. The summed E-state index contributed by atoms with van der Waals surface area (Å²) < 4.78 is 6.03. The Morgan fingerprint density at radius 3 is 3.00 bits per heavy atom. The lowest BCUT2D eigenvalue weighted by Crippen LogP contribution is -2.13. The Hall–Kier alpha value is -1.21. The molecule has 1 rings (SSSR count). The molecule has 0 radical (unpaired) electrons. The molecule has 0 unspecified atom stereocenters. The van der Waals surface area contributed by atoms with E-state index in [4.69, 9.17) is 9.68 Å². The van der Waals surface area contributed by atoms with Gasteiger partial charge in [-0.25, -0.2) is 0 Å². The minimum Gasteiger partial charge on any atom is -0.448 e. The molecule has 0 bridgehead atoms. The lowest BCUT2D eigenvalue weighted by atomic mass is 10.3. The van der Waals surface area contributed by atoms with Gasteiger partial charge in [0.05, 0.1) is 11.8 Å². The molecule has 1 aromatic rings. The second kappa shape index (κ2) is 6.31. The number of allylic oxidation sites excluding steroid dienone is 1. The van der Waals surface area contributed by atoms with E-state index in [2.05, 4.69) is 28.2 Å². The number of hydrogen-bond acceptors (Lipinski definition) is 3. The van der Waals surface area contributed by atoms with Crippen molar-refractivity contribution in [3.05, 3.63) is 28.6 Å². The highest BCUT2D eigenvalue weighted by molar-refractivity contribution is 9.10. The third-order valence-corrected chi connectivity index (χ3v) is 2.32. The third-order valence-electron chi connectivity index (χ3n) is 1.89. The van der Waals surface area contributed by atoms with Crippen LogP contribution in [0.25, 0.3) is 5.70 Å². The van der Waals surface area contributed by atoms with Crippen LogP contribution in [0.1, 0.15) is 25.5 Å². The number of nitrogens with one attached hydrogen (secondary N) is 1. The number of nitrogens with zero attached hydrogens (tertiary/aromatic N) is 1. The summed E-state index contributed by atoms with van der Waals surface area (Å²) >= 11 is 3.23. The fourth-order valence-electron chi connectivity index (χ4n) is 1.13. The van der Waals surface area contributed by atoms with Crippen LogP contribution in [-0.4, -0.2) is 6.54 Å². The van der Waals surface area contributed by atoms with Gasteiger partial charge in [-0.2, -0.15) is 5.26 Å². The standard InChI is InChI=1S/C11H13BrN2O/c1-2-3-8-14-9(6-7-13)10-4-5-11(12)15-10/h4-6,14H,2-3,8H2,1H3/b9-6+. The van der Waals surface area contributed by atoms with Crippen LogP contribution in [0.5, 0.6) is 0 Å². The molecule has 0 saturated carbocycles. The van der Waals surface area contributed by atoms with E-state index in [-0.39, 0.29) is 0 Å². The zero-order valence-corrected chi connectivity index (χ0v) is 10.2. The van der Waals surface area contributed by atoms with E-state index in [1.807, 2.05) is 18.2 Å². The first-order valence-electron chi connectivity index (χ1n) is 4.87. The molecule has 80 valence electrons. The Kier molecular flexibility index (Phi) is 4.99. The van der Waals surface area contributed by atoms with Gasteiger partial charge < -0.3 is 9.73 Å². The Morgan fingerprint density at radius 2 is 2.47 bits per heavy atom. The summed E-state index contributed by atoms with van der Waals surface area (Å²) in [5.41, 5.74) is 0.733. The Bertz CT molecular complexity index is 376. The first kappa shape index (κ1) is 11.9. The summed E-state index contributed by atoms with van der Waals surface area (Å²) in [5, 5.41) is 11.8. The van der Waals surface area contributed by atoms with Gasteiger partial charge in [0.15, 0.2) is 10.4 Å². The Morgan fingerprint density at radius 1 is 1.67 bits per heavy atom. The largest absolute Gasteiger partial charge is 0.448 e. The maximum Gasteiger partial charge on any atom is 0.169 e. The third kappa shape index (κ3) is 3.80. The minimum atomic E-state index is 0.665. The average molecular weight is 269 g/mol. The molecule has 0 aliphatic carbocycles. The second-order valence-corrected chi connectivity index (χ2v) is 3.85. The topological polar surface area (TPSA) is 49.0 Å². The fraction of sp³-hybridized carbons (Fsp3) is 0.364. The molecule has 3 nitrogen and oxygen atoms in total. The highest BCUT2D eigenvalue weighted by atomic mass is 79.9. The molecule has 0 fully saturated rings. The van der Waals surface area contributed by atoms with Crippen molar-refractivity contribution in [1.29, 1.82) is 5.26 Å². The zero-order chi connectivity index (χ0) is 11.1. The van der Waals surface area contributed by atoms with Crippen molar-refractivity contribution in [1.82, 2.24) is 5.32 Å². The molecular weight excluding hydrogens is 256 g/mol. The van der Waals surface area contributed by atoms with Crippen molar-refractivity contribution in [2.75, 3.05) is 6.54 Å². The van der Waals surface area contributed by atoms with Crippen LogP contribution in [-0.2, 0) is 0 Å². The van der Waals surface area contributed by atoms with Gasteiger partial charge in [-0.05, 0) is 34.5 Å². The van der Waals surface area contributed by atoms with E-state index >= 15 is 0 Å². The van der Waals surface area contributed by atoms with Crippen molar-refractivity contribution in [3.8, 4) is 6.07 Å². The molecular formula is C11H13BrN2O. The van der Waals surface area contributed by atoms with Crippen molar-refractivity contribution in [3.63, 3.8) is 0 Å². The van der Waals surface area contributed by atoms with Gasteiger partial charge in [-0.1, -0.05) is 13.3 Å². The van der Waals surface area contributed by atoms with E-state index in [0.29, 0.717) is 10.4 Å². The lowest BCUT2D eigenvalue weighted by Gasteiger charge is -2.06. The summed E-state index contributed by atoms with van der Waals surface area (Å²) in [6.07, 6.45) is 3.65. The molecule has 0 aromatic carbocycles. The van der Waals surface area contributed by atoms with Crippen molar-refractivity contribution < 1.29 is 4.42 Å². The number of halogens is 1. The number of unbranched alkanes of at least 4 members (excludes halogenated alkanes) is 1. The van der Waals surface area contributed by atoms with Gasteiger partial charge in [0.2, 0.25) is 0 Å². The molecule has 15 heavy (non-hydrogen) atoms. The fourth-order valence-corrected chi connectivity index (χ4v) is 1.44. The maximum absolute atomic E-state index is 8.64. The summed E-state index contributed by atoms with van der Waals surface area (Å²) in [7, 11) is 0. The van der Waals surface area contributed by atoms with E-state index in [0.717, 1.165) is 25.1 Å². The van der Waals surface area contributed by atoms with Crippen LogP contribution in [0.3, 0.4) is 0 Å². The molecule has 0 amide bonds. The van der Waals surface area contributed by atoms with Gasteiger partial charge in [0, 0.05) is 12.6 Å². The van der Waals surface area contributed by atoms with Crippen LogP contribution in [0.2, 0.25) is 0 Å². The van der Waals surface area contributed by atoms with Crippen LogP contribution in [0.15, 0.2) is 27.3 Å². The number of rotatable bonds is 5. The van der Waals surface area contributed by atoms with Crippen molar-refractivity contribution in [2.45, 2.75) is 19.8 Å². The van der Waals surface area contributed by atoms with Crippen molar-refractivity contribution in [2.24, 2.45) is 0 Å². The van der Waals surface area contributed by atoms with E-state index in [1.54, 1.807) is 0 Å². The molecule has 1 N–H and O–H groups in total. The lowest BCUT2D eigenvalue weighted by molar-refractivity contribution is 0.522. The monoisotopic (exact) mass is 268 g/mol. The average Bonchev–Trinajstić information content (AvgIpc) is 2.64. The number of nitriles is 1. The van der Waals surface area contributed by atoms with E-state index in [9.17, 15) is 0 Å². The van der Waals surface area contributed by atoms with Gasteiger partial charge in [0.1, 0.15) is 0 Å². The van der Waals surface area contributed by atoms with E-state index in [1.165, 1.54) is 6.08 Å². The highest BCUT2D eigenvalue weighted by Gasteiger charge is 2.05. The first-order valence-corrected chi connectivity index (χ1v) is 5.66. The van der Waals surface area contributed by atoms with E-state index < -0.39 is 0 Å². The predicted molar refractivity (Wildman–Crippen MR) is 62.9 cm³/mol. The molecule has 0 aliphatic heterocycles. The van der Waals surface area contributed by atoms with Gasteiger partial charge in [-0.3, -0.25) is 0 Å². The highest BCUT2D eigenvalue weighted by Crippen LogP contribution is 2.19. The summed E-state index contributed by atoms with van der Waals surface area (Å²) in [6, 6.07) is 5.64. The SMILES string of the molecule is CCCCN/C(=C/C#N)c1ccc(Br)o1.